The molecule has 0 saturated carbocycles. The summed E-state index contributed by atoms with van der Waals surface area (Å²) in [5.41, 5.74) is 4.97. The third kappa shape index (κ3) is 4.78. The van der Waals surface area contributed by atoms with E-state index in [1.165, 1.54) is 13.8 Å². The molecule has 14 heavy (non-hydrogen) atoms. The SMILES string of the molecule is CC(=O)N[C@@H](C(N)=O)[C@@H](O)C[C@@H](C)O. The molecule has 0 aliphatic heterocycles. The summed E-state index contributed by atoms with van der Waals surface area (Å²) in [5, 5.41) is 20.6. The van der Waals surface area contributed by atoms with Crippen LogP contribution >= 0.6 is 0 Å². The average Bonchev–Trinajstić information content (AvgIpc) is 1.97. The molecule has 0 aromatic rings. The summed E-state index contributed by atoms with van der Waals surface area (Å²) < 4.78 is 0. The maximum absolute atomic E-state index is 10.8. The predicted octanol–water partition coefficient (Wildman–Crippen LogP) is -1.89. The van der Waals surface area contributed by atoms with Crippen molar-refractivity contribution in [2.45, 2.75) is 38.5 Å². The minimum atomic E-state index is -1.17. The van der Waals surface area contributed by atoms with E-state index in [4.69, 9.17) is 10.8 Å². The summed E-state index contributed by atoms with van der Waals surface area (Å²) >= 11 is 0. The highest BCUT2D eigenvalue weighted by Gasteiger charge is 2.26. The summed E-state index contributed by atoms with van der Waals surface area (Å²) in [5.74, 6) is -1.29. The molecule has 3 atom stereocenters. The number of nitrogens with two attached hydrogens (primary N) is 1. The van der Waals surface area contributed by atoms with E-state index in [0.29, 0.717) is 0 Å². The highest BCUT2D eigenvalue weighted by molar-refractivity contribution is 5.86. The summed E-state index contributed by atoms with van der Waals surface area (Å²) in [6, 6.07) is -1.15. The minimum Gasteiger partial charge on any atom is -0.393 e. The van der Waals surface area contributed by atoms with Crippen molar-refractivity contribution in [2.75, 3.05) is 0 Å². The standard InChI is InChI=1S/C8H16N2O4/c1-4(11)3-6(13)7(8(9)14)10-5(2)12/h4,6-7,11,13H,3H2,1-2H3,(H2,9,14)(H,10,12)/t4-,6+,7-/m1/s1. The van der Waals surface area contributed by atoms with Crippen LogP contribution in [0.2, 0.25) is 0 Å². The molecule has 6 heteroatoms. The number of carbonyl (C=O) groups is 2. The van der Waals surface area contributed by atoms with Gasteiger partial charge in [0.25, 0.3) is 0 Å². The lowest BCUT2D eigenvalue weighted by atomic mass is 10.0. The van der Waals surface area contributed by atoms with Crippen molar-refractivity contribution in [2.24, 2.45) is 5.73 Å². The Bertz CT molecular complexity index is 217. The predicted molar refractivity (Wildman–Crippen MR) is 49.1 cm³/mol. The number of carbonyl (C=O) groups excluding carboxylic acids is 2. The van der Waals surface area contributed by atoms with Crippen LogP contribution in [0, 0.1) is 0 Å². The zero-order chi connectivity index (χ0) is 11.3. The second kappa shape index (κ2) is 5.56. The number of rotatable bonds is 5. The van der Waals surface area contributed by atoms with Gasteiger partial charge in [-0.15, -0.1) is 0 Å². The summed E-state index contributed by atoms with van der Waals surface area (Å²) in [7, 11) is 0. The van der Waals surface area contributed by atoms with Gasteiger partial charge in [-0.3, -0.25) is 9.59 Å². The fraction of sp³-hybridized carbons (Fsp3) is 0.750. The van der Waals surface area contributed by atoms with Gasteiger partial charge < -0.3 is 21.3 Å². The lowest BCUT2D eigenvalue weighted by Crippen LogP contribution is -2.51. The Morgan fingerprint density at radius 1 is 1.43 bits per heavy atom. The Labute approximate surface area is 82.1 Å². The number of aliphatic hydroxyl groups excluding tert-OH is 2. The van der Waals surface area contributed by atoms with Crippen molar-refractivity contribution >= 4 is 11.8 Å². The molecule has 6 nitrogen and oxygen atoms in total. The van der Waals surface area contributed by atoms with Crippen molar-refractivity contribution < 1.29 is 19.8 Å². The summed E-state index contributed by atoms with van der Waals surface area (Å²) in [4.78, 5) is 21.5. The van der Waals surface area contributed by atoms with E-state index in [1.54, 1.807) is 0 Å². The Kier molecular flexibility index (Phi) is 5.11. The Morgan fingerprint density at radius 2 is 1.93 bits per heavy atom. The van der Waals surface area contributed by atoms with Gasteiger partial charge in [-0.2, -0.15) is 0 Å². The van der Waals surface area contributed by atoms with E-state index in [-0.39, 0.29) is 6.42 Å². The van der Waals surface area contributed by atoms with Crippen LogP contribution < -0.4 is 11.1 Å². The Morgan fingerprint density at radius 3 is 2.21 bits per heavy atom. The second-order valence-corrected chi connectivity index (χ2v) is 3.23. The topological polar surface area (TPSA) is 113 Å². The van der Waals surface area contributed by atoms with Crippen LogP contribution in [0.3, 0.4) is 0 Å². The van der Waals surface area contributed by atoms with Gasteiger partial charge in [0.05, 0.1) is 12.2 Å². The van der Waals surface area contributed by atoms with Gasteiger partial charge in [0.2, 0.25) is 11.8 Å². The van der Waals surface area contributed by atoms with Crippen molar-refractivity contribution in [3.63, 3.8) is 0 Å². The van der Waals surface area contributed by atoms with Crippen LogP contribution in [0.5, 0.6) is 0 Å². The highest BCUT2D eigenvalue weighted by atomic mass is 16.3. The van der Waals surface area contributed by atoms with E-state index < -0.39 is 30.1 Å². The lowest BCUT2D eigenvalue weighted by molar-refractivity contribution is -0.129. The zero-order valence-corrected chi connectivity index (χ0v) is 8.23. The van der Waals surface area contributed by atoms with Crippen LogP contribution in [-0.4, -0.2) is 40.3 Å². The second-order valence-electron chi connectivity index (χ2n) is 3.23. The van der Waals surface area contributed by atoms with Crippen molar-refractivity contribution in [3.05, 3.63) is 0 Å². The quantitative estimate of drug-likeness (QED) is 0.419. The number of amides is 2. The lowest BCUT2D eigenvalue weighted by Gasteiger charge is -2.21. The first-order valence-corrected chi connectivity index (χ1v) is 4.27. The number of nitrogens with one attached hydrogen (secondary N) is 1. The Hall–Kier alpha value is -1.14. The molecule has 0 heterocycles. The van der Waals surface area contributed by atoms with Gasteiger partial charge in [-0.05, 0) is 6.92 Å². The molecule has 0 aromatic carbocycles. The zero-order valence-electron chi connectivity index (χ0n) is 8.23. The van der Waals surface area contributed by atoms with Gasteiger partial charge in [0, 0.05) is 13.3 Å². The molecular formula is C8H16N2O4. The molecule has 0 aromatic heterocycles. The van der Waals surface area contributed by atoms with Gasteiger partial charge in [0.15, 0.2) is 0 Å². The maximum atomic E-state index is 10.8. The van der Waals surface area contributed by atoms with E-state index in [1.807, 2.05) is 0 Å². The first kappa shape index (κ1) is 12.9. The monoisotopic (exact) mass is 204 g/mol. The van der Waals surface area contributed by atoms with E-state index in [9.17, 15) is 14.7 Å². The van der Waals surface area contributed by atoms with Crippen molar-refractivity contribution in [1.29, 1.82) is 0 Å². The van der Waals surface area contributed by atoms with Crippen molar-refractivity contribution in [3.8, 4) is 0 Å². The van der Waals surface area contributed by atoms with Crippen LogP contribution in [0.4, 0.5) is 0 Å². The molecule has 82 valence electrons. The molecule has 5 N–H and O–H groups in total. The van der Waals surface area contributed by atoms with E-state index in [0.717, 1.165) is 0 Å². The number of aliphatic hydroxyl groups is 2. The fourth-order valence-corrected chi connectivity index (χ4v) is 1.06. The summed E-state index contributed by atoms with van der Waals surface area (Å²) in [6.45, 7) is 2.68. The number of hydrogen-bond acceptors (Lipinski definition) is 4. The summed E-state index contributed by atoms with van der Waals surface area (Å²) in [6.07, 6.45) is -1.95. The van der Waals surface area contributed by atoms with Gasteiger partial charge in [0.1, 0.15) is 6.04 Å². The molecular weight excluding hydrogens is 188 g/mol. The average molecular weight is 204 g/mol. The molecule has 0 unspecified atom stereocenters. The molecule has 0 aliphatic carbocycles. The van der Waals surface area contributed by atoms with Crippen LogP contribution in [0.25, 0.3) is 0 Å². The molecule has 0 rings (SSSR count). The van der Waals surface area contributed by atoms with E-state index in [2.05, 4.69) is 5.32 Å². The van der Waals surface area contributed by atoms with Gasteiger partial charge >= 0.3 is 0 Å². The molecule has 0 fully saturated rings. The Balaban J connectivity index is 4.33. The smallest absolute Gasteiger partial charge is 0.242 e. The van der Waals surface area contributed by atoms with E-state index >= 15 is 0 Å². The fourth-order valence-electron chi connectivity index (χ4n) is 1.06. The largest absolute Gasteiger partial charge is 0.393 e. The molecule has 0 radical (unpaired) electrons. The van der Waals surface area contributed by atoms with Crippen molar-refractivity contribution in [1.82, 2.24) is 5.32 Å². The van der Waals surface area contributed by atoms with Gasteiger partial charge in [-0.25, -0.2) is 0 Å². The molecule has 0 saturated heterocycles. The third-order valence-corrected chi connectivity index (χ3v) is 1.63. The van der Waals surface area contributed by atoms with Crippen LogP contribution in [0.15, 0.2) is 0 Å². The highest BCUT2D eigenvalue weighted by Crippen LogP contribution is 2.02. The molecule has 0 bridgehead atoms. The van der Waals surface area contributed by atoms with Gasteiger partial charge in [-0.1, -0.05) is 0 Å². The van der Waals surface area contributed by atoms with Crippen LogP contribution in [-0.2, 0) is 9.59 Å². The minimum absolute atomic E-state index is 0.0200. The number of hydrogen-bond donors (Lipinski definition) is 4. The first-order chi connectivity index (χ1) is 6.34. The third-order valence-electron chi connectivity index (χ3n) is 1.63. The number of primary amides is 1. The molecule has 0 spiro atoms. The maximum Gasteiger partial charge on any atom is 0.242 e. The molecule has 0 aliphatic rings. The first-order valence-electron chi connectivity index (χ1n) is 4.27. The van der Waals surface area contributed by atoms with Crippen LogP contribution in [0.1, 0.15) is 20.3 Å². The normalized spacial score (nSPS) is 16.9. The molecule has 2 amide bonds.